The van der Waals surface area contributed by atoms with Crippen molar-refractivity contribution in [3.63, 3.8) is 0 Å². The number of aromatic amines is 1. The molecule has 2 aliphatic heterocycles. The van der Waals surface area contributed by atoms with Crippen LogP contribution in [0.5, 0.6) is 11.5 Å². The first-order valence-electron chi connectivity index (χ1n) is 11.0. The van der Waals surface area contributed by atoms with Gasteiger partial charge in [-0.2, -0.15) is 0 Å². The summed E-state index contributed by atoms with van der Waals surface area (Å²) in [6.07, 6.45) is 6.20. The topological polar surface area (TPSA) is 95.7 Å². The number of imidazole rings is 1. The van der Waals surface area contributed by atoms with Gasteiger partial charge >= 0.3 is 0 Å². The van der Waals surface area contributed by atoms with Crippen molar-refractivity contribution < 1.29 is 28.7 Å². The second-order valence-electron chi connectivity index (χ2n) is 8.11. The van der Waals surface area contributed by atoms with Gasteiger partial charge in [0, 0.05) is 23.0 Å². The Morgan fingerprint density at radius 1 is 1.15 bits per heavy atom. The highest BCUT2D eigenvalue weighted by atomic mass is 79.9. The Balaban J connectivity index is 1.54. The zero-order valence-electron chi connectivity index (χ0n) is 18.2. The molecule has 2 aromatic carbocycles. The fraction of sp³-hybridized carbons (Fsp3) is 0.240. The molecule has 3 heterocycles. The average Bonchev–Trinajstić information content (AvgIpc) is 3.45. The zero-order chi connectivity index (χ0) is 23.7. The standard InChI is InChI=1S/C25H22BrN3O5/c26-18-4-1-3-16(13-18)22-21(23(30)17-5-6-19-20(14-17)34-12-11-33-19)24(31)25(32)29(22)9-2-8-28-10-7-27-15-28/h1,3-7,10,13-15,22H,2,8-9,11-12H2,(H,30,31)/p+1. The lowest BCUT2D eigenvalue weighted by molar-refractivity contribution is -0.695. The van der Waals surface area contributed by atoms with Crippen LogP contribution >= 0.6 is 15.9 Å². The number of aliphatic hydroxyl groups is 1. The normalized spacial score (nSPS) is 19.0. The molecule has 0 aliphatic carbocycles. The van der Waals surface area contributed by atoms with Gasteiger partial charge in [-0.3, -0.25) is 14.6 Å². The van der Waals surface area contributed by atoms with Crippen molar-refractivity contribution in [3.05, 3.63) is 82.4 Å². The van der Waals surface area contributed by atoms with Crippen LogP contribution in [0, 0.1) is 0 Å². The largest absolute Gasteiger partial charge is 0.507 e. The van der Waals surface area contributed by atoms with Gasteiger partial charge in [0.15, 0.2) is 11.5 Å². The van der Waals surface area contributed by atoms with Gasteiger partial charge in [0.05, 0.1) is 18.2 Å². The van der Waals surface area contributed by atoms with E-state index in [2.05, 4.69) is 20.9 Å². The van der Waals surface area contributed by atoms with Crippen molar-refractivity contribution in [2.45, 2.75) is 19.0 Å². The molecule has 0 spiro atoms. The minimum Gasteiger partial charge on any atom is -0.507 e. The number of carbonyl (C=O) groups is 2. The second kappa shape index (κ2) is 9.34. The number of ether oxygens (including phenoxy) is 2. The number of carbonyl (C=O) groups excluding carboxylic acids is 2. The molecule has 1 saturated heterocycles. The first-order valence-corrected chi connectivity index (χ1v) is 11.8. The molecule has 0 radical (unpaired) electrons. The Morgan fingerprint density at radius 3 is 2.74 bits per heavy atom. The van der Waals surface area contributed by atoms with Crippen molar-refractivity contribution in [1.82, 2.24) is 9.88 Å². The number of hydrogen-bond acceptors (Lipinski definition) is 5. The van der Waals surface area contributed by atoms with Crippen LogP contribution in [-0.2, 0) is 16.1 Å². The fourth-order valence-corrected chi connectivity index (χ4v) is 4.78. The number of amides is 1. The highest BCUT2D eigenvalue weighted by molar-refractivity contribution is 9.10. The van der Waals surface area contributed by atoms with Gasteiger partial charge in [-0.15, -0.1) is 0 Å². The molecule has 174 valence electrons. The molecule has 1 unspecified atom stereocenters. The number of nitrogens with zero attached hydrogens (tertiary/aromatic N) is 2. The van der Waals surface area contributed by atoms with E-state index in [4.69, 9.17) is 9.47 Å². The van der Waals surface area contributed by atoms with E-state index in [1.54, 1.807) is 23.1 Å². The molecule has 1 atom stereocenters. The number of halogens is 1. The summed E-state index contributed by atoms with van der Waals surface area (Å²) < 4.78 is 14.0. The number of hydrogen-bond donors (Lipinski definition) is 2. The van der Waals surface area contributed by atoms with Crippen LogP contribution in [-0.4, -0.2) is 46.4 Å². The molecule has 1 aromatic heterocycles. The molecule has 1 fully saturated rings. The summed E-state index contributed by atoms with van der Waals surface area (Å²) in [6.45, 7) is 1.89. The van der Waals surface area contributed by atoms with E-state index in [-0.39, 0.29) is 11.3 Å². The Hall–Kier alpha value is -3.59. The number of benzene rings is 2. The number of Topliss-reactive ketones (excluding diaryl/α,β-unsaturated/α-hetero) is 1. The molecule has 8 nitrogen and oxygen atoms in total. The summed E-state index contributed by atoms with van der Waals surface area (Å²) in [6, 6.07) is 11.7. The Morgan fingerprint density at radius 2 is 1.97 bits per heavy atom. The maximum atomic E-state index is 13.2. The summed E-state index contributed by atoms with van der Waals surface area (Å²) in [5.41, 5.74) is 1.20. The number of H-pyrrole nitrogens is 1. The Labute approximate surface area is 204 Å². The maximum Gasteiger partial charge on any atom is 0.295 e. The molecular formula is C25H23BrN3O5+. The third-order valence-corrected chi connectivity index (χ3v) is 6.43. The average molecular weight is 525 g/mol. The van der Waals surface area contributed by atoms with E-state index in [1.807, 2.05) is 47.6 Å². The molecule has 1 amide bonds. The van der Waals surface area contributed by atoms with Crippen LogP contribution in [0.1, 0.15) is 23.6 Å². The second-order valence-corrected chi connectivity index (χ2v) is 9.02. The number of aryl methyl sites for hydroxylation is 1. The predicted molar refractivity (Wildman–Crippen MR) is 126 cm³/mol. The van der Waals surface area contributed by atoms with Crippen molar-refractivity contribution >= 4 is 33.4 Å². The van der Waals surface area contributed by atoms with Crippen molar-refractivity contribution in [3.8, 4) is 11.5 Å². The van der Waals surface area contributed by atoms with E-state index in [0.29, 0.717) is 49.8 Å². The van der Waals surface area contributed by atoms with Crippen LogP contribution in [0.3, 0.4) is 0 Å². The van der Waals surface area contributed by atoms with Crippen LogP contribution in [0.2, 0.25) is 0 Å². The molecule has 2 aliphatic rings. The highest BCUT2D eigenvalue weighted by Crippen LogP contribution is 2.41. The summed E-state index contributed by atoms with van der Waals surface area (Å²) >= 11 is 3.48. The first kappa shape index (κ1) is 22.2. The summed E-state index contributed by atoms with van der Waals surface area (Å²) in [5, 5.41) is 11.3. The number of likely N-dealkylation sites (tertiary alicyclic amines) is 1. The molecule has 2 N–H and O–H groups in total. The van der Waals surface area contributed by atoms with Crippen LogP contribution in [0.25, 0.3) is 5.76 Å². The van der Waals surface area contributed by atoms with E-state index < -0.39 is 17.7 Å². The molecule has 9 heteroatoms. The lowest BCUT2D eigenvalue weighted by Crippen LogP contribution is -2.36. The van der Waals surface area contributed by atoms with E-state index >= 15 is 0 Å². The minimum atomic E-state index is -0.707. The molecule has 34 heavy (non-hydrogen) atoms. The van der Waals surface area contributed by atoms with Gasteiger partial charge < -0.3 is 19.5 Å². The van der Waals surface area contributed by atoms with Gasteiger partial charge in [-0.05, 0) is 35.9 Å². The lowest BCUT2D eigenvalue weighted by atomic mass is 9.95. The third-order valence-electron chi connectivity index (χ3n) is 5.94. The van der Waals surface area contributed by atoms with Crippen molar-refractivity contribution in [1.29, 1.82) is 0 Å². The number of ketones is 1. The number of aromatic nitrogens is 2. The first-order chi connectivity index (χ1) is 16.5. The summed E-state index contributed by atoms with van der Waals surface area (Å²) in [5.74, 6) is -0.487. The zero-order valence-corrected chi connectivity index (χ0v) is 19.8. The molecule has 0 bridgehead atoms. The van der Waals surface area contributed by atoms with Gasteiger partial charge in [0.1, 0.15) is 31.4 Å². The minimum absolute atomic E-state index is 0.0640. The van der Waals surface area contributed by atoms with Crippen molar-refractivity contribution in [2.75, 3.05) is 19.8 Å². The monoisotopic (exact) mass is 524 g/mol. The van der Waals surface area contributed by atoms with E-state index in [1.165, 1.54) is 0 Å². The Bertz CT molecular complexity index is 1270. The molecule has 5 rings (SSSR count). The third kappa shape index (κ3) is 4.19. The van der Waals surface area contributed by atoms with E-state index in [0.717, 1.165) is 10.0 Å². The summed E-state index contributed by atoms with van der Waals surface area (Å²) in [7, 11) is 0. The highest BCUT2D eigenvalue weighted by Gasteiger charge is 2.46. The molecule has 0 saturated carbocycles. The number of nitrogens with one attached hydrogen (secondary N) is 1. The number of rotatable bonds is 6. The van der Waals surface area contributed by atoms with Crippen molar-refractivity contribution in [2.24, 2.45) is 0 Å². The van der Waals surface area contributed by atoms with Gasteiger partial charge in [-0.1, -0.05) is 28.1 Å². The van der Waals surface area contributed by atoms with Gasteiger partial charge in [0.25, 0.3) is 11.7 Å². The van der Waals surface area contributed by atoms with Gasteiger partial charge in [-0.25, -0.2) is 4.57 Å². The number of fused-ring (bicyclic) bond motifs is 1. The molecular weight excluding hydrogens is 502 g/mol. The predicted octanol–water partition coefficient (Wildman–Crippen LogP) is 3.35. The SMILES string of the molecule is O=C1C(=O)N(CCC[n+]2cc[nH]c2)C(c2cccc(Br)c2)C1=C(O)c1ccc2c(c1)OCCO2. The quantitative estimate of drug-likeness (QED) is 0.223. The molecule has 3 aromatic rings. The van der Waals surface area contributed by atoms with Gasteiger partial charge in [0.2, 0.25) is 6.33 Å². The maximum absolute atomic E-state index is 13.2. The number of aliphatic hydroxyl groups excluding tert-OH is 1. The smallest absolute Gasteiger partial charge is 0.295 e. The summed E-state index contributed by atoms with van der Waals surface area (Å²) in [4.78, 5) is 30.8. The lowest BCUT2D eigenvalue weighted by Gasteiger charge is -2.25. The Kier molecular flexibility index (Phi) is 6.10. The van der Waals surface area contributed by atoms with E-state index in [9.17, 15) is 14.7 Å². The fourth-order valence-electron chi connectivity index (χ4n) is 4.36. The van der Waals surface area contributed by atoms with Crippen LogP contribution in [0.15, 0.2) is 71.2 Å². The van der Waals surface area contributed by atoms with Crippen LogP contribution < -0.4 is 14.0 Å². The van der Waals surface area contributed by atoms with Crippen LogP contribution in [0.4, 0.5) is 0 Å².